The fourth-order valence-corrected chi connectivity index (χ4v) is 2.50. The number of carbonyl (C=O) groups excluding carboxylic acids is 2. The predicted octanol–water partition coefficient (Wildman–Crippen LogP) is 2.13. The number of nitrogens with one attached hydrogen (secondary N) is 3. The second-order valence-corrected chi connectivity index (χ2v) is 5.59. The molecule has 2 rings (SSSR count). The lowest BCUT2D eigenvalue weighted by Gasteiger charge is -2.20. The normalized spacial score (nSPS) is 15.3. The molecule has 0 heterocycles. The van der Waals surface area contributed by atoms with Crippen molar-refractivity contribution < 1.29 is 9.59 Å². The van der Waals surface area contributed by atoms with Crippen LogP contribution in [0.15, 0.2) is 24.3 Å². The van der Waals surface area contributed by atoms with Crippen LogP contribution in [0.25, 0.3) is 0 Å². The number of carbonyl (C=O) groups is 2. The molecular formula is C16H23N3O2. The Morgan fingerprint density at radius 1 is 1.05 bits per heavy atom. The van der Waals surface area contributed by atoms with Crippen LogP contribution in [-0.4, -0.2) is 18.4 Å². The highest BCUT2D eigenvalue weighted by Crippen LogP contribution is 2.23. The molecule has 0 aliphatic heterocycles. The first kappa shape index (κ1) is 15.4. The molecule has 5 nitrogen and oxygen atoms in total. The van der Waals surface area contributed by atoms with Gasteiger partial charge in [-0.3, -0.25) is 20.4 Å². The number of benzene rings is 1. The quantitative estimate of drug-likeness (QED) is 0.744. The lowest BCUT2D eigenvalue weighted by molar-refractivity contribution is -0.131. The summed E-state index contributed by atoms with van der Waals surface area (Å²) in [5.41, 5.74) is 7.03. The van der Waals surface area contributed by atoms with Crippen molar-refractivity contribution in [1.29, 1.82) is 0 Å². The van der Waals surface area contributed by atoms with Gasteiger partial charge in [0.05, 0.1) is 6.54 Å². The van der Waals surface area contributed by atoms with Gasteiger partial charge in [-0.2, -0.15) is 0 Å². The Morgan fingerprint density at radius 3 is 2.38 bits per heavy atom. The topological polar surface area (TPSA) is 70.2 Å². The SMILES string of the molecule is Cc1ccc(NCC(=O)NNC(=O)C2CCCCC2)cc1. The summed E-state index contributed by atoms with van der Waals surface area (Å²) in [5, 5.41) is 3.01. The van der Waals surface area contributed by atoms with Crippen LogP contribution in [0, 0.1) is 12.8 Å². The lowest BCUT2D eigenvalue weighted by atomic mass is 9.89. The van der Waals surface area contributed by atoms with E-state index in [2.05, 4.69) is 16.2 Å². The molecule has 0 unspecified atom stereocenters. The maximum Gasteiger partial charge on any atom is 0.257 e. The molecular weight excluding hydrogens is 266 g/mol. The van der Waals surface area contributed by atoms with E-state index in [1.165, 1.54) is 12.0 Å². The van der Waals surface area contributed by atoms with Crippen molar-refractivity contribution in [3.8, 4) is 0 Å². The second-order valence-electron chi connectivity index (χ2n) is 5.59. The van der Waals surface area contributed by atoms with Crippen molar-refractivity contribution in [1.82, 2.24) is 10.9 Å². The Morgan fingerprint density at radius 2 is 1.71 bits per heavy atom. The van der Waals surface area contributed by atoms with Crippen LogP contribution < -0.4 is 16.2 Å². The molecule has 5 heteroatoms. The maximum atomic E-state index is 11.9. The second kappa shape index (κ2) is 7.67. The third-order valence-corrected chi connectivity index (χ3v) is 3.81. The van der Waals surface area contributed by atoms with Crippen LogP contribution in [0.2, 0.25) is 0 Å². The Kier molecular flexibility index (Phi) is 5.60. The highest BCUT2D eigenvalue weighted by Gasteiger charge is 2.21. The Balaban J connectivity index is 1.67. The maximum absolute atomic E-state index is 11.9. The first-order valence-electron chi connectivity index (χ1n) is 7.54. The summed E-state index contributed by atoms with van der Waals surface area (Å²) in [5.74, 6) is -0.276. The average Bonchev–Trinajstić information content (AvgIpc) is 2.53. The van der Waals surface area contributed by atoms with Gasteiger partial charge in [-0.15, -0.1) is 0 Å². The highest BCUT2D eigenvalue weighted by molar-refractivity contribution is 5.85. The van der Waals surface area contributed by atoms with Crippen LogP contribution >= 0.6 is 0 Å². The summed E-state index contributed by atoms with van der Waals surface area (Å²) in [6, 6.07) is 7.79. The molecule has 114 valence electrons. The van der Waals surface area contributed by atoms with Gasteiger partial charge in [-0.05, 0) is 31.9 Å². The average molecular weight is 289 g/mol. The molecule has 21 heavy (non-hydrogen) atoms. The van der Waals surface area contributed by atoms with Gasteiger partial charge in [0.1, 0.15) is 0 Å². The van der Waals surface area contributed by atoms with E-state index in [9.17, 15) is 9.59 Å². The molecule has 0 spiro atoms. The van der Waals surface area contributed by atoms with E-state index in [1.54, 1.807) is 0 Å². The van der Waals surface area contributed by atoms with Gasteiger partial charge in [0.25, 0.3) is 5.91 Å². The molecule has 1 saturated carbocycles. The van der Waals surface area contributed by atoms with Crippen molar-refractivity contribution in [2.24, 2.45) is 5.92 Å². The van der Waals surface area contributed by atoms with Crippen molar-refractivity contribution in [3.63, 3.8) is 0 Å². The molecule has 0 aromatic heterocycles. The van der Waals surface area contributed by atoms with Crippen molar-refractivity contribution in [3.05, 3.63) is 29.8 Å². The molecule has 1 fully saturated rings. The minimum Gasteiger partial charge on any atom is -0.376 e. The largest absolute Gasteiger partial charge is 0.376 e. The minimum absolute atomic E-state index is 0.0455. The number of rotatable bonds is 4. The Hall–Kier alpha value is -2.04. The third-order valence-electron chi connectivity index (χ3n) is 3.81. The summed E-state index contributed by atoms with van der Waals surface area (Å²) in [4.78, 5) is 23.6. The first-order chi connectivity index (χ1) is 10.1. The van der Waals surface area contributed by atoms with Crippen LogP contribution in [0.1, 0.15) is 37.7 Å². The highest BCUT2D eigenvalue weighted by atomic mass is 16.2. The van der Waals surface area contributed by atoms with E-state index in [4.69, 9.17) is 0 Å². The summed E-state index contributed by atoms with van der Waals surface area (Å²) >= 11 is 0. The van der Waals surface area contributed by atoms with Crippen LogP contribution in [0.4, 0.5) is 5.69 Å². The molecule has 0 radical (unpaired) electrons. The van der Waals surface area contributed by atoms with Crippen LogP contribution in [-0.2, 0) is 9.59 Å². The molecule has 1 aliphatic rings. The summed E-state index contributed by atoms with van der Waals surface area (Å²) in [6.45, 7) is 2.14. The number of hydrogen-bond donors (Lipinski definition) is 3. The molecule has 1 aromatic rings. The zero-order valence-electron chi connectivity index (χ0n) is 12.4. The number of aryl methyl sites for hydroxylation is 1. The number of anilines is 1. The van der Waals surface area contributed by atoms with Gasteiger partial charge in [0.2, 0.25) is 5.91 Å². The number of hydrazine groups is 1. The van der Waals surface area contributed by atoms with Crippen LogP contribution in [0.3, 0.4) is 0 Å². The standard InChI is InChI=1S/C16H23N3O2/c1-12-7-9-14(10-8-12)17-11-15(20)18-19-16(21)13-5-3-2-4-6-13/h7-10,13,17H,2-6,11H2,1H3,(H,18,20)(H,19,21). The predicted molar refractivity (Wildman–Crippen MR) is 82.5 cm³/mol. The van der Waals surface area contributed by atoms with Gasteiger partial charge >= 0.3 is 0 Å². The van der Waals surface area contributed by atoms with E-state index in [-0.39, 0.29) is 24.3 Å². The molecule has 2 amide bonds. The molecule has 1 aromatic carbocycles. The van der Waals surface area contributed by atoms with E-state index in [0.29, 0.717) is 0 Å². The van der Waals surface area contributed by atoms with Gasteiger partial charge in [0.15, 0.2) is 0 Å². The van der Waals surface area contributed by atoms with Gasteiger partial charge in [-0.1, -0.05) is 37.0 Å². The molecule has 0 atom stereocenters. The molecule has 0 saturated heterocycles. The first-order valence-corrected chi connectivity index (χ1v) is 7.54. The van der Waals surface area contributed by atoms with E-state index in [1.807, 2.05) is 31.2 Å². The van der Waals surface area contributed by atoms with E-state index >= 15 is 0 Å². The van der Waals surface area contributed by atoms with E-state index < -0.39 is 0 Å². The minimum atomic E-state index is -0.250. The molecule has 1 aliphatic carbocycles. The van der Waals surface area contributed by atoms with Gasteiger partial charge in [-0.25, -0.2) is 0 Å². The summed E-state index contributed by atoms with van der Waals surface area (Å²) < 4.78 is 0. The third kappa shape index (κ3) is 5.10. The van der Waals surface area contributed by atoms with Gasteiger partial charge < -0.3 is 5.32 Å². The molecule has 3 N–H and O–H groups in total. The van der Waals surface area contributed by atoms with Crippen LogP contribution in [0.5, 0.6) is 0 Å². The van der Waals surface area contributed by atoms with E-state index in [0.717, 1.165) is 31.4 Å². The summed E-state index contributed by atoms with van der Waals surface area (Å²) in [6.07, 6.45) is 5.24. The number of hydrogen-bond acceptors (Lipinski definition) is 3. The zero-order chi connectivity index (χ0) is 15.1. The fourth-order valence-electron chi connectivity index (χ4n) is 2.50. The lowest BCUT2D eigenvalue weighted by Crippen LogP contribution is -2.46. The fraction of sp³-hybridized carbons (Fsp3) is 0.500. The zero-order valence-corrected chi connectivity index (χ0v) is 12.4. The molecule has 0 bridgehead atoms. The van der Waals surface area contributed by atoms with Crippen molar-refractivity contribution in [2.45, 2.75) is 39.0 Å². The number of amides is 2. The smallest absolute Gasteiger partial charge is 0.257 e. The monoisotopic (exact) mass is 289 g/mol. The Bertz CT molecular complexity index is 479. The summed E-state index contributed by atoms with van der Waals surface area (Å²) in [7, 11) is 0. The van der Waals surface area contributed by atoms with Crippen molar-refractivity contribution >= 4 is 17.5 Å². The van der Waals surface area contributed by atoms with Gasteiger partial charge in [0, 0.05) is 11.6 Å². The Labute approximate surface area is 125 Å². The van der Waals surface area contributed by atoms with Crippen molar-refractivity contribution in [2.75, 3.05) is 11.9 Å².